The molecule has 0 bridgehead atoms. The molecule has 5 rings (SSSR count). The molecule has 10 heteroatoms. The third-order valence-corrected chi connectivity index (χ3v) is 6.87. The van der Waals surface area contributed by atoms with E-state index in [1.165, 1.54) is 23.1 Å². The van der Waals surface area contributed by atoms with Crippen molar-refractivity contribution in [2.75, 3.05) is 18.4 Å². The van der Waals surface area contributed by atoms with Gasteiger partial charge < -0.3 is 15.3 Å². The number of fused-ring (bicyclic) bond motifs is 1. The standard InChI is InChI=1S/C24H20F2N4O3S/c1-13-4-2-7-18(27-13)28-20-15-8-9-19(32)30(21-16(25)5-3-6-17(21)26)24(15)34-22(20)23(33)29-11-10-14(31)12-29/h2-9,14,31H,10-12H2,1H3,(H,27,28)/t14-/m0/s1. The number of halogens is 2. The zero-order valence-electron chi connectivity index (χ0n) is 18.1. The van der Waals surface area contributed by atoms with Crippen LogP contribution in [0.15, 0.2) is 53.3 Å². The Hall–Kier alpha value is -3.63. The van der Waals surface area contributed by atoms with Crippen LogP contribution in [-0.2, 0) is 0 Å². The molecule has 1 atom stereocenters. The van der Waals surface area contributed by atoms with E-state index in [1.807, 2.05) is 19.1 Å². The minimum atomic E-state index is -0.895. The van der Waals surface area contributed by atoms with Crippen LogP contribution in [0.5, 0.6) is 0 Å². The number of benzene rings is 1. The first-order chi connectivity index (χ1) is 16.3. The number of thiophene rings is 1. The number of aromatic nitrogens is 2. The Balaban J connectivity index is 1.75. The average Bonchev–Trinajstić information content (AvgIpc) is 3.38. The second kappa shape index (κ2) is 8.62. The number of likely N-dealkylation sites (tertiary alicyclic amines) is 1. The second-order valence-corrected chi connectivity index (χ2v) is 9.08. The Labute approximate surface area is 196 Å². The Bertz CT molecular complexity index is 1460. The van der Waals surface area contributed by atoms with E-state index in [2.05, 4.69) is 10.3 Å². The van der Waals surface area contributed by atoms with Crippen molar-refractivity contribution in [3.05, 3.63) is 81.1 Å². The highest BCUT2D eigenvalue weighted by Gasteiger charge is 2.30. The third kappa shape index (κ3) is 3.84. The fourth-order valence-electron chi connectivity index (χ4n) is 4.08. The van der Waals surface area contributed by atoms with E-state index in [1.54, 1.807) is 6.07 Å². The van der Waals surface area contributed by atoms with E-state index in [9.17, 15) is 23.5 Å². The van der Waals surface area contributed by atoms with Crippen molar-refractivity contribution in [1.29, 1.82) is 0 Å². The average molecular weight is 483 g/mol. The van der Waals surface area contributed by atoms with Crippen LogP contribution in [-0.4, -0.2) is 44.7 Å². The Kier molecular flexibility index (Phi) is 5.62. The maximum atomic E-state index is 14.7. The highest BCUT2D eigenvalue weighted by molar-refractivity contribution is 7.21. The zero-order valence-corrected chi connectivity index (χ0v) is 18.9. The summed E-state index contributed by atoms with van der Waals surface area (Å²) in [6.45, 7) is 2.39. The second-order valence-electron chi connectivity index (χ2n) is 8.09. The molecule has 34 heavy (non-hydrogen) atoms. The quantitative estimate of drug-likeness (QED) is 0.460. The van der Waals surface area contributed by atoms with Crippen LogP contribution in [0.4, 0.5) is 20.3 Å². The summed E-state index contributed by atoms with van der Waals surface area (Å²) in [5, 5.41) is 13.5. The number of aliphatic hydroxyl groups is 1. The van der Waals surface area contributed by atoms with Gasteiger partial charge in [-0.05, 0) is 43.7 Å². The first-order valence-corrected chi connectivity index (χ1v) is 11.5. The number of β-amino-alcohol motifs (C(OH)–C–C–N with tert-alkyl or cyclic N) is 1. The van der Waals surface area contributed by atoms with Gasteiger partial charge in [0.05, 0.1) is 11.8 Å². The van der Waals surface area contributed by atoms with Crippen molar-refractivity contribution in [2.45, 2.75) is 19.4 Å². The molecule has 3 aromatic heterocycles. The maximum Gasteiger partial charge on any atom is 0.266 e. The topological polar surface area (TPSA) is 87.5 Å². The van der Waals surface area contributed by atoms with Gasteiger partial charge >= 0.3 is 0 Å². The SMILES string of the molecule is Cc1cccc(Nc2c(C(=O)N3CC[C@H](O)C3)sc3c2ccc(=O)n3-c2c(F)cccc2F)n1. The van der Waals surface area contributed by atoms with E-state index in [0.717, 1.165) is 33.7 Å². The highest BCUT2D eigenvalue weighted by atomic mass is 32.1. The summed E-state index contributed by atoms with van der Waals surface area (Å²) in [5.74, 6) is -1.66. The molecular weight excluding hydrogens is 462 g/mol. The summed E-state index contributed by atoms with van der Waals surface area (Å²) >= 11 is 0.963. The normalized spacial score (nSPS) is 15.8. The smallest absolute Gasteiger partial charge is 0.266 e. The number of rotatable bonds is 4. The summed E-state index contributed by atoms with van der Waals surface area (Å²) in [5.41, 5.74) is 0.00384. The lowest BCUT2D eigenvalue weighted by atomic mass is 10.2. The van der Waals surface area contributed by atoms with E-state index >= 15 is 0 Å². The number of nitrogens with one attached hydrogen (secondary N) is 1. The number of hydrogen-bond donors (Lipinski definition) is 2. The number of pyridine rings is 2. The van der Waals surface area contributed by atoms with Crippen molar-refractivity contribution in [3.8, 4) is 5.69 Å². The predicted octanol–water partition coefficient (Wildman–Crippen LogP) is 3.98. The van der Waals surface area contributed by atoms with Gasteiger partial charge in [0.25, 0.3) is 11.5 Å². The van der Waals surface area contributed by atoms with Gasteiger partial charge in [0.15, 0.2) is 0 Å². The van der Waals surface area contributed by atoms with Gasteiger partial charge in [0.2, 0.25) is 0 Å². The molecule has 0 unspecified atom stereocenters. The third-order valence-electron chi connectivity index (χ3n) is 5.69. The molecule has 1 fully saturated rings. The molecule has 1 aliphatic heterocycles. The van der Waals surface area contributed by atoms with E-state index < -0.39 is 29.0 Å². The summed E-state index contributed by atoms with van der Waals surface area (Å²) < 4.78 is 30.3. The minimum absolute atomic E-state index is 0.184. The number of carbonyl (C=O) groups excluding carboxylic acids is 1. The predicted molar refractivity (Wildman–Crippen MR) is 126 cm³/mol. The largest absolute Gasteiger partial charge is 0.391 e. The Morgan fingerprint density at radius 3 is 2.56 bits per heavy atom. The number of hydrogen-bond acceptors (Lipinski definition) is 6. The number of nitrogens with zero attached hydrogens (tertiary/aromatic N) is 3. The lowest BCUT2D eigenvalue weighted by molar-refractivity contribution is 0.0770. The van der Waals surface area contributed by atoms with Crippen LogP contribution in [0.1, 0.15) is 21.8 Å². The van der Waals surface area contributed by atoms with Gasteiger partial charge in [-0.2, -0.15) is 0 Å². The van der Waals surface area contributed by atoms with Crippen LogP contribution in [0.3, 0.4) is 0 Å². The molecule has 1 aromatic carbocycles. The summed E-state index contributed by atoms with van der Waals surface area (Å²) in [6, 6.07) is 11.5. The van der Waals surface area contributed by atoms with Crippen molar-refractivity contribution >= 4 is 39.0 Å². The molecule has 0 radical (unpaired) electrons. The molecule has 2 N–H and O–H groups in total. The molecule has 0 aliphatic carbocycles. The van der Waals surface area contributed by atoms with E-state index in [0.29, 0.717) is 29.9 Å². The molecule has 0 saturated carbocycles. The molecule has 174 valence electrons. The maximum absolute atomic E-state index is 14.7. The summed E-state index contributed by atoms with van der Waals surface area (Å²) in [6.07, 6.45) is -0.150. The Morgan fingerprint density at radius 2 is 1.88 bits per heavy atom. The van der Waals surface area contributed by atoms with Crippen LogP contribution in [0.2, 0.25) is 0 Å². The molecule has 7 nitrogen and oxygen atoms in total. The molecule has 4 heterocycles. The van der Waals surface area contributed by atoms with Crippen molar-refractivity contribution in [1.82, 2.24) is 14.5 Å². The molecule has 1 aliphatic rings. The van der Waals surface area contributed by atoms with E-state index in [4.69, 9.17) is 0 Å². The summed E-state index contributed by atoms with van der Waals surface area (Å²) in [4.78, 5) is 32.7. The number of para-hydroxylation sites is 1. The van der Waals surface area contributed by atoms with Crippen LogP contribution < -0.4 is 10.9 Å². The zero-order chi connectivity index (χ0) is 24.0. The molecular formula is C24H20F2N4O3S. The van der Waals surface area contributed by atoms with E-state index in [-0.39, 0.29) is 22.2 Å². The number of amides is 1. The monoisotopic (exact) mass is 482 g/mol. The van der Waals surface area contributed by atoms with Crippen molar-refractivity contribution < 1.29 is 18.7 Å². The van der Waals surface area contributed by atoms with Gasteiger partial charge in [0.1, 0.15) is 32.8 Å². The van der Waals surface area contributed by atoms with Gasteiger partial charge in [-0.25, -0.2) is 13.8 Å². The molecule has 4 aromatic rings. The van der Waals surface area contributed by atoms with Crippen molar-refractivity contribution in [3.63, 3.8) is 0 Å². The Morgan fingerprint density at radius 1 is 1.15 bits per heavy atom. The number of carbonyl (C=O) groups is 1. The number of aliphatic hydroxyl groups excluding tert-OH is 1. The highest BCUT2D eigenvalue weighted by Crippen LogP contribution is 2.39. The van der Waals surface area contributed by atoms with Crippen LogP contribution in [0, 0.1) is 18.6 Å². The van der Waals surface area contributed by atoms with Crippen molar-refractivity contribution in [2.24, 2.45) is 0 Å². The fraction of sp³-hybridized carbons (Fsp3) is 0.208. The lowest BCUT2D eigenvalue weighted by Gasteiger charge is -2.16. The molecule has 1 saturated heterocycles. The lowest BCUT2D eigenvalue weighted by Crippen LogP contribution is -2.29. The number of aryl methyl sites for hydroxylation is 1. The molecule has 1 amide bonds. The van der Waals surface area contributed by atoms with Gasteiger partial charge in [-0.3, -0.25) is 14.2 Å². The van der Waals surface area contributed by atoms with Crippen LogP contribution >= 0.6 is 11.3 Å². The number of anilines is 2. The fourth-order valence-corrected chi connectivity index (χ4v) is 5.31. The van der Waals surface area contributed by atoms with Gasteiger partial charge in [0, 0.05) is 30.2 Å². The summed E-state index contributed by atoms with van der Waals surface area (Å²) in [7, 11) is 0. The minimum Gasteiger partial charge on any atom is -0.391 e. The molecule has 0 spiro atoms. The van der Waals surface area contributed by atoms with Gasteiger partial charge in [-0.15, -0.1) is 11.3 Å². The first-order valence-electron chi connectivity index (χ1n) is 10.6. The first kappa shape index (κ1) is 22.2. The van der Waals surface area contributed by atoms with Gasteiger partial charge in [-0.1, -0.05) is 12.1 Å². The van der Waals surface area contributed by atoms with Crippen LogP contribution in [0.25, 0.3) is 15.9 Å².